The molecular weight excluding hydrogens is 184 g/mol. The number of hydrogen-bond donors (Lipinski definition) is 1. The summed E-state index contributed by atoms with van der Waals surface area (Å²) in [6.45, 7) is 4.04. The number of nitrogens with zero attached hydrogens (tertiary/aromatic N) is 1. The number of hydrogen-bond acceptors (Lipinski definition) is 2. The molecule has 0 bridgehead atoms. The highest BCUT2D eigenvalue weighted by Crippen LogP contribution is 2.36. The monoisotopic (exact) mass is 200 g/mol. The van der Waals surface area contributed by atoms with Crippen LogP contribution >= 0.6 is 0 Å². The van der Waals surface area contributed by atoms with Crippen LogP contribution in [0.4, 0.5) is 0 Å². The third kappa shape index (κ3) is 2.03. The second-order valence-corrected chi connectivity index (χ2v) is 4.74. The summed E-state index contributed by atoms with van der Waals surface area (Å²) >= 11 is 0. The maximum atomic E-state index is 9.00. The van der Waals surface area contributed by atoms with Gasteiger partial charge in [-0.15, -0.1) is 0 Å². The minimum absolute atomic E-state index is 0.0222. The number of aryl methyl sites for hydroxylation is 1. The van der Waals surface area contributed by atoms with Gasteiger partial charge < -0.3 is 5.73 Å². The van der Waals surface area contributed by atoms with Crippen LogP contribution in [0.15, 0.2) is 12.1 Å². The lowest BCUT2D eigenvalue weighted by molar-refractivity contribution is 0.671. The quantitative estimate of drug-likeness (QED) is 0.795. The highest BCUT2D eigenvalue weighted by Gasteiger charge is 2.38. The first-order valence-corrected chi connectivity index (χ1v) is 5.33. The van der Waals surface area contributed by atoms with Crippen molar-refractivity contribution in [3.8, 4) is 6.07 Å². The van der Waals surface area contributed by atoms with Crippen molar-refractivity contribution in [2.75, 3.05) is 0 Å². The smallest absolute Gasteiger partial charge is 0.0994 e. The van der Waals surface area contributed by atoms with Crippen molar-refractivity contribution in [2.24, 2.45) is 5.73 Å². The van der Waals surface area contributed by atoms with Crippen LogP contribution in [0.1, 0.15) is 35.1 Å². The molecular formula is C13H16N2. The van der Waals surface area contributed by atoms with Crippen LogP contribution in [0.2, 0.25) is 0 Å². The van der Waals surface area contributed by atoms with Crippen molar-refractivity contribution in [1.82, 2.24) is 0 Å². The summed E-state index contributed by atoms with van der Waals surface area (Å²) in [6, 6.07) is 6.38. The molecule has 15 heavy (non-hydrogen) atoms. The first-order chi connectivity index (χ1) is 7.04. The molecule has 2 nitrogen and oxygen atoms in total. The first kappa shape index (κ1) is 10.2. The van der Waals surface area contributed by atoms with Gasteiger partial charge in [0.2, 0.25) is 0 Å². The Morgan fingerprint density at radius 1 is 1.40 bits per heavy atom. The van der Waals surface area contributed by atoms with E-state index in [0.29, 0.717) is 0 Å². The topological polar surface area (TPSA) is 49.8 Å². The zero-order valence-corrected chi connectivity index (χ0v) is 9.30. The van der Waals surface area contributed by atoms with Gasteiger partial charge in [0.1, 0.15) is 0 Å². The van der Waals surface area contributed by atoms with Gasteiger partial charge in [-0.1, -0.05) is 6.07 Å². The molecule has 1 aliphatic rings. The summed E-state index contributed by atoms with van der Waals surface area (Å²) in [7, 11) is 0. The van der Waals surface area contributed by atoms with Crippen molar-refractivity contribution in [3.63, 3.8) is 0 Å². The molecule has 0 atom stereocenters. The van der Waals surface area contributed by atoms with Crippen LogP contribution in [0.3, 0.4) is 0 Å². The van der Waals surface area contributed by atoms with Gasteiger partial charge in [-0.25, -0.2) is 0 Å². The van der Waals surface area contributed by atoms with Crippen molar-refractivity contribution in [1.29, 1.82) is 5.26 Å². The van der Waals surface area contributed by atoms with E-state index in [2.05, 4.69) is 19.1 Å². The Balaban J connectivity index is 2.33. The van der Waals surface area contributed by atoms with Gasteiger partial charge in [-0.05, 0) is 55.9 Å². The van der Waals surface area contributed by atoms with Crippen molar-refractivity contribution < 1.29 is 0 Å². The molecule has 2 heteroatoms. The zero-order valence-electron chi connectivity index (χ0n) is 9.30. The van der Waals surface area contributed by atoms with Gasteiger partial charge in [0, 0.05) is 5.54 Å². The maximum Gasteiger partial charge on any atom is 0.0994 e. The number of nitrogens with two attached hydrogens (primary N) is 1. The van der Waals surface area contributed by atoms with Crippen molar-refractivity contribution in [2.45, 2.75) is 38.6 Å². The molecule has 2 N–H and O–H groups in total. The van der Waals surface area contributed by atoms with Gasteiger partial charge in [-0.2, -0.15) is 5.26 Å². The molecule has 0 amide bonds. The van der Waals surface area contributed by atoms with Crippen LogP contribution in [-0.4, -0.2) is 5.54 Å². The average Bonchev–Trinajstić information content (AvgIpc) is 2.89. The molecule has 0 aromatic heterocycles. The van der Waals surface area contributed by atoms with Crippen LogP contribution in [0, 0.1) is 25.2 Å². The fraction of sp³-hybridized carbons (Fsp3) is 0.462. The molecule has 0 heterocycles. The summed E-state index contributed by atoms with van der Waals surface area (Å²) in [6.07, 6.45) is 3.13. The molecule has 0 unspecified atom stereocenters. The molecule has 1 aromatic carbocycles. The Hall–Kier alpha value is -1.33. The number of rotatable bonds is 2. The Morgan fingerprint density at radius 2 is 2.07 bits per heavy atom. The van der Waals surface area contributed by atoms with Crippen LogP contribution < -0.4 is 5.73 Å². The number of benzene rings is 1. The Bertz CT molecular complexity index is 437. The predicted molar refractivity (Wildman–Crippen MR) is 60.5 cm³/mol. The normalized spacial score (nSPS) is 17.2. The fourth-order valence-electron chi connectivity index (χ4n) is 1.90. The summed E-state index contributed by atoms with van der Waals surface area (Å²) in [5.74, 6) is 0. The van der Waals surface area contributed by atoms with Crippen molar-refractivity contribution >= 4 is 0 Å². The van der Waals surface area contributed by atoms with E-state index in [-0.39, 0.29) is 5.54 Å². The molecule has 0 radical (unpaired) electrons. The lowest BCUT2D eigenvalue weighted by Gasteiger charge is -2.11. The fourth-order valence-corrected chi connectivity index (χ4v) is 1.90. The lowest BCUT2D eigenvalue weighted by atomic mass is 9.96. The Kier molecular flexibility index (Phi) is 2.28. The minimum atomic E-state index is 0.0222. The van der Waals surface area contributed by atoms with Crippen LogP contribution in [-0.2, 0) is 6.42 Å². The first-order valence-electron chi connectivity index (χ1n) is 5.33. The van der Waals surface area contributed by atoms with Gasteiger partial charge in [0.15, 0.2) is 0 Å². The molecule has 0 aliphatic heterocycles. The molecule has 1 fully saturated rings. The second kappa shape index (κ2) is 3.36. The van der Waals surface area contributed by atoms with E-state index in [1.807, 2.05) is 13.0 Å². The predicted octanol–water partition coefficient (Wildman–Crippen LogP) is 2.21. The zero-order chi connectivity index (χ0) is 11.1. The third-order valence-electron chi connectivity index (χ3n) is 3.30. The summed E-state index contributed by atoms with van der Waals surface area (Å²) < 4.78 is 0. The summed E-state index contributed by atoms with van der Waals surface area (Å²) in [5.41, 5.74) is 10.4. The summed E-state index contributed by atoms with van der Waals surface area (Å²) in [4.78, 5) is 0. The SMILES string of the molecule is Cc1cc(CC2(N)CC2)cc(C#N)c1C. The minimum Gasteiger partial charge on any atom is -0.325 e. The van der Waals surface area contributed by atoms with Crippen LogP contribution in [0.25, 0.3) is 0 Å². The molecule has 2 rings (SSSR count). The van der Waals surface area contributed by atoms with E-state index >= 15 is 0 Å². The maximum absolute atomic E-state index is 9.00. The van der Waals surface area contributed by atoms with Crippen molar-refractivity contribution in [3.05, 3.63) is 34.4 Å². The van der Waals surface area contributed by atoms with E-state index in [4.69, 9.17) is 11.0 Å². The van der Waals surface area contributed by atoms with E-state index in [9.17, 15) is 0 Å². The molecule has 78 valence electrons. The molecule has 0 spiro atoms. The molecule has 1 aromatic rings. The van der Waals surface area contributed by atoms with E-state index < -0.39 is 0 Å². The second-order valence-electron chi connectivity index (χ2n) is 4.74. The molecule has 1 aliphatic carbocycles. The van der Waals surface area contributed by atoms with Gasteiger partial charge in [0.05, 0.1) is 11.6 Å². The highest BCUT2D eigenvalue weighted by molar-refractivity contribution is 5.45. The highest BCUT2D eigenvalue weighted by atomic mass is 14.8. The largest absolute Gasteiger partial charge is 0.325 e. The van der Waals surface area contributed by atoms with Gasteiger partial charge in [-0.3, -0.25) is 0 Å². The van der Waals surface area contributed by atoms with Gasteiger partial charge >= 0.3 is 0 Å². The average molecular weight is 200 g/mol. The Labute approximate surface area is 90.7 Å². The third-order valence-corrected chi connectivity index (χ3v) is 3.30. The Morgan fingerprint density at radius 3 is 2.60 bits per heavy atom. The summed E-state index contributed by atoms with van der Waals surface area (Å²) in [5, 5.41) is 9.00. The molecule has 1 saturated carbocycles. The van der Waals surface area contributed by atoms with E-state index in [1.165, 1.54) is 11.1 Å². The number of nitriles is 1. The van der Waals surface area contributed by atoms with Crippen LogP contribution in [0.5, 0.6) is 0 Å². The standard InChI is InChI=1S/C13H16N2/c1-9-5-11(7-13(15)3-4-13)6-12(8-14)10(9)2/h5-6H,3-4,7,15H2,1-2H3. The van der Waals surface area contributed by atoms with Gasteiger partial charge in [0.25, 0.3) is 0 Å². The molecule has 0 saturated heterocycles. The van der Waals surface area contributed by atoms with E-state index in [1.54, 1.807) is 0 Å². The lowest BCUT2D eigenvalue weighted by Crippen LogP contribution is -2.24. The van der Waals surface area contributed by atoms with E-state index in [0.717, 1.165) is 30.4 Å².